The molecule has 2 aromatic carbocycles. The van der Waals surface area contributed by atoms with Gasteiger partial charge in [0.15, 0.2) is 21.4 Å². The predicted octanol–water partition coefficient (Wildman–Crippen LogP) is 5.49. The van der Waals surface area contributed by atoms with Crippen LogP contribution in [0.15, 0.2) is 53.4 Å². The minimum atomic E-state index is -4.70. The fourth-order valence-corrected chi connectivity index (χ4v) is 11.5. The number of sulfone groups is 1. The zero-order valence-electron chi connectivity index (χ0n) is 20.3. The molecular weight excluding hydrogens is 577 g/mol. The van der Waals surface area contributed by atoms with Gasteiger partial charge < -0.3 is 4.74 Å². The van der Waals surface area contributed by atoms with E-state index < -0.39 is 86.8 Å². The molecular formula is C27H28F5NO5S2. The summed E-state index contributed by atoms with van der Waals surface area (Å²) in [6, 6.07) is 3.90. The van der Waals surface area contributed by atoms with Crippen LogP contribution in [0.5, 0.6) is 5.75 Å². The van der Waals surface area contributed by atoms with Crippen LogP contribution in [-0.2, 0) is 30.8 Å². The number of halogens is 5. The molecule has 2 heterocycles. The number of hydrogen-bond acceptors (Lipinski definition) is 5. The van der Waals surface area contributed by atoms with Crippen molar-refractivity contribution in [1.82, 2.24) is 4.72 Å². The summed E-state index contributed by atoms with van der Waals surface area (Å²) in [4.78, 5) is -0.468. The fraction of sp³-hybridized carbons (Fsp3) is 0.481. The Hall–Kier alpha value is -2.51. The van der Waals surface area contributed by atoms with Crippen molar-refractivity contribution in [2.75, 3.05) is 6.61 Å². The van der Waals surface area contributed by atoms with E-state index in [1.807, 2.05) is 0 Å². The SMILES string of the molecule is C.O=S1(=O)N[C@@H]2CC[C@@]3(S(=O)(=O)c4ccc(C(F)(F)F)cc4)c4c(F)ccc(F)c4OC[C@H]3[C@@H]2CC12CC=CC2. The normalized spacial score (nSPS) is 30.0. The lowest BCUT2D eigenvalue weighted by Gasteiger charge is -2.56. The van der Waals surface area contributed by atoms with Gasteiger partial charge in [-0.2, -0.15) is 13.2 Å². The van der Waals surface area contributed by atoms with Crippen molar-refractivity contribution in [3.63, 3.8) is 0 Å². The lowest BCUT2D eigenvalue weighted by atomic mass is 9.63. The fourth-order valence-electron chi connectivity index (χ4n) is 7.07. The summed E-state index contributed by atoms with van der Waals surface area (Å²) in [5.74, 6) is -4.16. The third-order valence-corrected chi connectivity index (χ3v) is 13.8. The monoisotopic (exact) mass is 605 g/mol. The number of alkyl halides is 3. The van der Waals surface area contributed by atoms with Gasteiger partial charge in [0.2, 0.25) is 10.0 Å². The Bertz CT molecular complexity index is 1580. The average molecular weight is 606 g/mol. The Balaban J connectivity index is 0.00000323. The zero-order chi connectivity index (χ0) is 28.0. The molecule has 1 saturated heterocycles. The van der Waals surface area contributed by atoms with Crippen LogP contribution in [0.1, 0.15) is 50.7 Å². The van der Waals surface area contributed by atoms with Crippen LogP contribution in [0.25, 0.3) is 0 Å². The maximum Gasteiger partial charge on any atom is 0.416 e. The Kier molecular flexibility index (Phi) is 6.71. The van der Waals surface area contributed by atoms with Gasteiger partial charge in [-0.05, 0) is 74.4 Å². The molecule has 0 amide bonds. The molecule has 6 rings (SSSR count). The number of rotatable bonds is 2. The molecule has 0 unspecified atom stereocenters. The van der Waals surface area contributed by atoms with Gasteiger partial charge in [0.25, 0.3) is 0 Å². The Morgan fingerprint density at radius 3 is 2.23 bits per heavy atom. The number of hydrogen-bond donors (Lipinski definition) is 1. The molecule has 2 aliphatic carbocycles. The smallest absolute Gasteiger partial charge is 0.416 e. The van der Waals surface area contributed by atoms with Crippen molar-refractivity contribution in [2.24, 2.45) is 11.8 Å². The molecule has 0 radical (unpaired) electrons. The molecule has 2 fully saturated rings. The number of fused-ring (bicyclic) bond motifs is 5. The number of allylic oxidation sites excluding steroid dienone is 2. The molecule has 0 bridgehead atoms. The zero-order valence-corrected chi connectivity index (χ0v) is 22.0. The Morgan fingerprint density at radius 2 is 1.60 bits per heavy atom. The van der Waals surface area contributed by atoms with E-state index in [4.69, 9.17) is 4.74 Å². The number of sulfonamides is 1. The summed E-state index contributed by atoms with van der Waals surface area (Å²) < 4.78 is 131. The summed E-state index contributed by atoms with van der Waals surface area (Å²) >= 11 is 0. The molecule has 4 atom stereocenters. The Morgan fingerprint density at radius 1 is 0.975 bits per heavy atom. The minimum Gasteiger partial charge on any atom is -0.490 e. The standard InChI is InChI=1S/C26H24F5NO5S2.CH4/c27-19-7-8-20(28)23-22(19)25(38(33,34)16-5-3-15(4-6-16)26(29,30)31)12-9-21-17(18(25)14-37-23)13-24(10-1-2-11-24)39(35,36)32-21;/h1-8,17-18,21,32H,9-14H2;1H4/t17-,18-,21+,25-;/m0./s1. The maximum atomic E-state index is 15.6. The van der Waals surface area contributed by atoms with E-state index in [9.17, 15) is 34.4 Å². The van der Waals surface area contributed by atoms with E-state index in [0.29, 0.717) is 12.1 Å². The van der Waals surface area contributed by atoms with E-state index in [2.05, 4.69) is 4.72 Å². The van der Waals surface area contributed by atoms with Gasteiger partial charge in [-0.3, -0.25) is 0 Å². The molecule has 218 valence electrons. The maximum absolute atomic E-state index is 15.6. The molecule has 1 spiro atoms. The molecule has 2 aromatic rings. The largest absolute Gasteiger partial charge is 0.490 e. The average Bonchev–Trinajstić information content (AvgIpc) is 3.36. The van der Waals surface area contributed by atoms with Crippen molar-refractivity contribution in [3.05, 3.63) is 71.3 Å². The number of ether oxygens (including phenoxy) is 1. The van der Waals surface area contributed by atoms with Gasteiger partial charge in [-0.15, -0.1) is 0 Å². The second kappa shape index (κ2) is 9.25. The number of nitrogens with one attached hydrogen (secondary N) is 1. The summed E-state index contributed by atoms with van der Waals surface area (Å²) in [6.45, 7) is -0.334. The molecule has 6 nitrogen and oxygen atoms in total. The first-order valence-electron chi connectivity index (χ1n) is 12.4. The van der Waals surface area contributed by atoms with Gasteiger partial charge in [-0.25, -0.2) is 30.3 Å². The van der Waals surface area contributed by atoms with Crippen LogP contribution in [0.2, 0.25) is 0 Å². The van der Waals surface area contributed by atoms with Crippen molar-refractivity contribution in [1.29, 1.82) is 0 Å². The molecule has 1 N–H and O–H groups in total. The number of benzene rings is 2. The quantitative estimate of drug-likeness (QED) is 0.362. The first kappa shape index (κ1) is 29.0. The van der Waals surface area contributed by atoms with Crippen LogP contribution in [0, 0.1) is 23.5 Å². The molecule has 40 heavy (non-hydrogen) atoms. The molecule has 0 aromatic heterocycles. The van der Waals surface area contributed by atoms with Gasteiger partial charge in [0.1, 0.15) is 10.6 Å². The molecule has 1 saturated carbocycles. The lowest BCUT2D eigenvalue weighted by Crippen LogP contribution is -2.66. The second-order valence-electron chi connectivity index (χ2n) is 10.8. The summed E-state index contributed by atoms with van der Waals surface area (Å²) in [6.07, 6.45) is -0.984. The first-order chi connectivity index (χ1) is 18.2. The lowest BCUT2D eigenvalue weighted by molar-refractivity contribution is -0.137. The molecule has 4 aliphatic rings. The van der Waals surface area contributed by atoms with Gasteiger partial charge >= 0.3 is 6.18 Å². The summed E-state index contributed by atoms with van der Waals surface area (Å²) in [7, 11) is -8.44. The molecule has 13 heteroatoms. The van der Waals surface area contributed by atoms with Crippen LogP contribution in [0.3, 0.4) is 0 Å². The predicted molar refractivity (Wildman–Crippen MR) is 137 cm³/mol. The summed E-state index contributed by atoms with van der Waals surface area (Å²) in [5, 5.41) is 0. The van der Waals surface area contributed by atoms with Crippen molar-refractivity contribution < 1.29 is 43.5 Å². The highest BCUT2D eigenvalue weighted by molar-refractivity contribution is 7.92. The third kappa shape index (κ3) is 3.87. The van der Waals surface area contributed by atoms with Crippen molar-refractivity contribution >= 4 is 19.9 Å². The van der Waals surface area contributed by atoms with E-state index in [-0.39, 0.29) is 46.1 Å². The van der Waals surface area contributed by atoms with Gasteiger partial charge in [0, 0.05) is 12.0 Å². The van der Waals surface area contributed by atoms with Crippen molar-refractivity contribution in [2.45, 2.75) is 66.1 Å². The minimum absolute atomic E-state index is 0. The summed E-state index contributed by atoms with van der Waals surface area (Å²) in [5.41, 5.74) is -1.55. The van der Waals surface area contributed by atoms with Crippen LogP contribution in [-0.4, -0.2) is 34.2 Å². The highest BCUT2D eigenvalue weighted by atomic mass is 32.2. The van der Waals surface area contributed by atoms with E-state index in [1.165, 1.54) is 0 Å². The van der Waals surface area contributed by atoms with Crippen LogP contribution >= 0.6 is 0 Å². The van der Waals surface area contributed by atoms with Crippen LogP contribution < -0.4 is 9.46 Å². The highest BCUT2D eigenvalue weighted by Crippen LogP contribution is 2.61. The Labute approximate surface area is 229 Å². The highest BCUT2D eigenvalue weighted by Gasteiger charge is 2.66. The van der Waals surface area contributed by atoms with Crippen molar-refractivity contribution in [3.8, 4) is 5.75 Å². The van der Waals surface area contributed by atoms with Gasteiger partial charge in [-0.1, -0.05) is 19.6 Å². The molecule has 2 aliphatic heterocycles. The first-order valence-corrected chi connectivity index (χ1v) is 15.4. The second-order valence-corrected chi connectivity index (χ2v) is 15.1. The van der Waals surface area contributed by atoms with Crippen LogP contribution in [0.4, 0.5) is 22.0 Å². The third-order valence-electron chi connectivity index (χ3n) is 8.95. The van der Waals surface area contributed by atoms with E-state index in [1.54, 1.807) is 12.2 Å². The topological polar surface area (TPSA) is 89.5 Å². The van der Waals surface area contributed by atoms with E-state index in [0.717, 1.165) is 24.3 Å². The van der Waals surface area contributed by atoms with Gasteiger partial charge in [0.05, 0.1) is 27.4 Å². The van der Waals surface area contributed by atoms with E-state index >= 15 is 4.39 Å².